The summed E-state index contributed by atoms with van der Waals surface area (Å²) >= 11 is 0. The van der Waals surface area contributed by atoms with Gasteiger partial charge < -0.3 is 24.2 Å². The molecule has 226 valence electrons. The molecule has 1 atom stereocenters. The fraction of sp³-hybridized carbons (Fsp3) is 0.583. The zero-order valence-corrected chi connectivity index (χ0v) is 25.9. The number of piperidine rings is 1. The van der Waals surface area contributed by atoms with Crippen molar-refractivity contribution in [3.05, 3.63) is 47.5 Å². The standard InChI is InChI=1S/C36H49N3O3/c1-4-26-9-8-16-37(23-26)17-18-38-19-20-39-33-21-28(36(40)41)12-14-30(33)34(27-10-6-5-7-11-27)35(39)31-15-13-29(22-32(31)38)42-24-25(2)3/h12-15,21-22,25-27H,4-11,16-20,23-24H2,1-3H3,(H,40,41). The van der Waals surface area contributed by atoms with E-state index in [1.807, 2.05) is 6.07 Å². The second-order valence-electron chi connectivity index (χ2n) is 13.4. The van der Waals surface area contributed by atoms with E-state index in [0.29, 0.717) is 24.0 Å². The molecular weight excluding hydrogens is 522 g/mol. The number of aromatic carboxylic acids is 1. The van der Waals surface area contributed by atoms with Crippen LogP contribution in [0.3, 0.4) is 0 Å². The van der Waals surface area contributed by atoms with Crippen molar-refractivity contribution < 1.29 is 14.6 Å². The Morgan fingerprint density at radius 3 is 2.57 bits per heavy atom. The van der Waals surface area contributed by atoms with Gasteiger partial charge in [-0.1, -0.05) is 52.5 Å². The Morgan fingerprint density at radius 2 is 1.81 bits per heavy atom. The Balaban J connectivity index is 1.44. The van der Waals surface area contributed by atoms with Crippen LogP contribution < -0.4 is 9.64 Å². The van der Waals surface area contributed by atoms with Gasteiger partial charge in [-0.2, -0.15) is 0 Å². The van der Waals surface area contributed by atoms with Gasteiger partial charge in [0.05, 0.1) is 17.9 Å². The van der Waals surface area contributed by atoms with Crippen molar-refractivity contribution in [2.75, 3.05) is 44.2 Å². The van der Waals surface area contributed by atoms with Gasteiger partial charge in [0.1, 0.15) is 5.75 Å². The summed E-state index contributed by atoms with van der Waals surface area (Å²) in [7, 11) is 0. The van der Waals surface area contributed by atoms with Gasteiger partial charge in [0, 0.05) is 60.9 Å². The fourth-order valence-corrected chi connectivity index (χ4v) is 7.69. The summed E-state index contributed by atoms with van der Waals surface area (Å²) < 4.78 is 8.72. The monoisotopic (exact) mass is 571 g/mol. The minimum Gasteiger partial charge on any atom is -0.493 e. The molecule has 1 N–H and O–H groups in total. The molecule has 3 heterocycles. The van der Waals surface area contributed by atoms with Crippen molar-refractivity contribution in [2.45, 2.75) is 84.6 Å². The number of benzene rings is 2. The molecule has 1 unspecified atom stereocenters. The van der Waals surface area contributed by atoms with Gasteiger partial charge in [-0.25, -0.2) is 4.79 Å². The highest BCUT2D eigenvalue weighted by atomic mass is 16.5. The second kappa shape index (κ2) is 12.7. The quantitative estimate of drug-likeness (QED) is 0.282. The highest BCUT2D eigenvalue weighted by molar-refractivity contribution is 5.99. The number of hydrogen-bond donors (Lipinski definition) is 1. The lowest BCUT2D eigenvalue weighted by molar-refractivity contribution is 0.0697. The Labute approximate surface area is 251 Å². The minimum absolute atomic E-state index is 0.368. The molecule has 2 aromatic carbocycles. The van der Waals surface area contributed by atoms with E-state index < -0.39 is 5.97 Å². The van der Waals surface area contributed by atoms with Crippen LogP contribution >= 0.6 is 0 Å². The molecule has 1 aromatic heterocycles. The number of carboxylic acid groups (broad SMARTS) is 1. The van der Waals surface area contributed by atoms with E-state index in [9.17, 15) is 9.90 Å². The average molecular weight is 572 g/mol. The SMILES string of the molecule is CCC1CCCN(CCN2CCn3c(c(C4CCCCC4)c4ccc(C(=O)O)cc43)-c3ccc(OCC(C)C)cc32)C1. The van der Waals surface area contributed by atoms with E-state index in [4.69, 9.17) is 4.74 Å². The van der Waals surface area contributed by atoms with Crippen LogP contribution in [0, 0.1) is 11.8 Å². The number of rotatable bonds is 9. The topological polar surface area (TPSA) is 57.9 Å². The zero-order chi connectivity index (χ0) is 29.2. The summed E-state index contributed by atoms with van der Waals surface area (Å²) in [6, 6.07) is 12.5. The smallest absolute Gasteiger partial charge is 0.335 e. The van der Waals surface area contributed by atoms with Crippen LogP contribution in [-0.2, 0) is 6.54 Å². The maximum atomic E-state index is 12.0. The third-order valence-electron chi connectivity index (χ3n) is 9.97. The third kappa shape index (κ3) is 5.92. The van der Waals surface area contributed by atoms with Crippen LogP contribution in [-0.4, -0.2) is 59.9 Å². The number of carboxylic acids is 1. The van der Waals surface area contributed by atoms with Gasteiger partial charge >= 0.3 is 5.97 Å². The number of ether oxygens (including phenoxy) is 1. The molecule has 3 aromatic rings. The van der Waals surface area contributed by atoms with Gasteiger partial charge in [0.15, 0.2) is 0 Å². The van der Waals surface area contributed by atoms with Crippen molar-refractivity contribution in [1.82, 2.24) is 9.47 Å². The number of carbonyl (C=O) groups is 1. The number of hydrogen-bond acceptors (Lipinski definition) is 4. The lowest BCUT2D eigenvalue weighted by Crippen LogP contribution is -2.41. The fourth-order valence-electron chi connectivity index (χ4n) is 7.69. The molecule has 0 spiro atoms. The van der Waals surface area contributed by atoms with E-state index >= 15 is 0 Å². The molecule has 42 heavy (non-hydrogen) atoms. The summed E-state index contributed by atoms with van der Waals surface area (Å²) in [5.74, 6) is 1.87. The van der Waals surface area contributed by atoms with Crippen molar-refractivity contribution in [2.24, 2.45) is 11.8 Å². The molecule has 3 aliphatic rings. The average Bonchev–Trinajstić information content (AvgIpc) is 3.24. The molecule has 0 radical (unpaired) electrons. The second-order valence-corrected chi connectivity index (χ2v) is 13.4. The number of nitrogens with zero attached hydrogens (tertiary/aromatic N) is 3. The molecule has 1 saturated carbocycles. The van der Waals surface area contributed by atoms with Crippen LogP contribution in [0.1, 0.15) is 94.0 Å². The maximum absolute atomic E-state index is 12.0. The summed E-state index contributed by atoms with van der Waals surface area (Å²) in [5.41, 5.74) is 6.70. The largest absolute Gasteiger partial charge is 0.493 e. The molecular formula is C36H49N3O3. The third-order valence-corrected chi connectivity index (χ3v) is 9.97. The Hall–Kier alpha value is -2.99. The molecule has 6 nitrogen and oxygen atoms in total. The predicted molar refractivity (Wildman–Crippen MR) is 172 cm³/mol. The summed E-state index contributed by atoms with van der Waals surface area (Å²) in [5, 5.41) is 11.1. The van der Waals surface area contributed by atoms with Gasteiger partial charge in [-0.3, -0.25) is 0 Å². The molecule has 6 heteroatoms. The van der Waals surface area contributed by atoms with Crippen molar-refractivity contribution in [3.63, 3.8) is 0 Å². The minimum atomic E-state index is -0.860. The van der Waals surface area contributed by atoms with Crippen LogP contribution in [0.15, 0.2) is 36.4 Å². The van der Waals surface area contributed by atoms with Gasteiger partial charge in [0.25, 0.3) is 0 Å². The first-order valence-electron chi connectivity index (χ1n) is 16.6. The summed E-state index contributed by atoms with van der Waals surface area (Å²) in [6.45, 7) is 13.6. The van der Waals surface area contributed by atoms with Crippen molar-refractivity contribution in [3.8, 4) is 17.0 Å². The van der Waals surface area contributed by atoms with Gasteiger partial charge in [-0.15, -0.1) is 0 Å². The van der Waals surface area contributed by atoms with Crippen LogP contribution in [0.5, 0.6) is 5.75 Å². The van der Waals surface area contributed by atoms with Crippen LogP contribution in [0.4, 0.5) is 5.69 Å². The Kier molecular flexibility index (Phi) is 8.80. The van der Waals surface area contributed by atoms with Crippen LogP contribution in [0.2, 0.25) is 0 Å². The maximum Gasteiger partial charge on any atom is 0.335 e. The number of aromatic nitrogens is 1. The zero-order valence-electron chi connectivity index (χ0n) is 25.9. The number of fused-ring (bicyclic) bond motifs is 5. The summed E-state index contributed by atoms with van der Waals surface area (Å²) in [6.07, 6.45) is 10.2. The van der Waals surface area contributed by atoms with E-state index in [1.165, 1.54) is 92.4 Å². The lowest BCUT2D eigenvalue weighted by atomic mass is 9.81. The van der Waals surface area contributed by atoms with E-state index in [1.54, 1.807) is 6.07 Å². The Morgan fingerprint density at radius 1 is 0.976 bits per heavy atom. The van der Waals surface area contributed by atoms with E-state index in [2.05, 4.69) is 59.4 Å². The highest BCUT2D eigenvalue weighted by Crippen LogP contribution is 2.48. The van der Waals surface area contributed by atoms with Crippen molar-refractivity contribution >= 4 is 22.6 Å². The number of anilines is 1. The molecule has 2 fully saturated rings. The van der Waals surface area contributed by atoms with Crippen molar-refractivity contribution in [1.29, 1.82) is 0 Å². The first-order chi connectivity index (χ1) is 20.4. The van der Waals surface area contributed by atoms with E-state index in [0.717, 1.165) is 43.4 Å². The predicted octanol–water partition coefficient (Wildman–Crippen LogP) is 8.03. The van der Waals surface area contributed by atoms with Gasteiger partial charge in [0.2, 0.25) is 0 Å². The molecule has 2 aliphatic heterocycles. The van der Waals surface area contributed by atoms with E-state index in [-0.39, 0.29) is 0 Å². The first-order valence-corrected chi connectivity index (χ1v) is 16.6. The molecule has 1 aliphatic carbocycles. The number of likely N-dealkylation sites (tertiary alicyclic amines) is 1. The Bertz CT molecular complexity index is 1400. The van der Waals surface area contributed by atoms with Crippen LogP contribution in [0.25, 0.3) is 22.2 Å². The van der Waals surface area contributed by atoms with Gasteiger partial charge in [-0.05, 0) is 79.8 Å². The summed E-state index contributed by atoms with van der Waals surface area (Å²) in [4.78, 5) is 17.3. The first kappa shape index (κ1) is 29.1. The lowest BCUT2D eigenvalue weighted by Gasteiger charge is -2.34. The molecule has 6 rings (SSSR count). The molecule has 0 bridgehead atoms. The molecule has 0 amide bonds. The highest BCUT2D eigenvalue weighted by Gasteiger charge is 2.31. The normalized spacial score (nSPS) is 20.0. The molecule has 1 saturated heterocycles.